The predicted molar refractivity (Wildman–Crippen MR) is 89.9 cm³/mol. The van der Waals surface area contributed by atoms with E-state index >= 15 is 0 Å². The second kappa shape index (κ2) is 7.52. The topological polar surface area (TPSA) is 80.0 Å². The maximum absolute atomic E-state index is 12.2. The third-order valence-electron chi connectivity index (χ3n) is 3.63. The first-order valence-electron chi connectivity index (χ1n) is 7.67. The lowest BCUT2D eigenvalue weighted by Gasteiger charge is -2.16. The Morgan fingerprint density at radius 1 is 1.08 bits per heavy atom. The average Bonchev–Trinajstić information content (AvgIpc) is 3.09. The Balaban J connectivity index is 1.64. The highest BCUT2D eigenvalue weighted by molar-refractivity contribution is 5.76. The van der Waals surface area contributed by atoms with Crippen molar-refractivity contribution in [2.24, 2.45) is 0 Å². The monoisotopic (exact) mass is 322 g/mol. The van der Waals surface area contributed by atoms with Crippen LogP contribution in [0.2, 0.25) is 0 Å². The van der Waals surface area contributed by atoms with E-state index in [-0.39, 0.29) is 19.1 Å². The number of amides is 1. The Bertz CT molecular complexity index is 787. The molecule has 0 saturated heterocycles. The van der Waals surface area contributed by atoms with Crippen LogP contribution >= 0.6 is 0 Å². The van der Waals surface area contributed by atoms with E-state index in [1.54, 1.807) is 6.20 Å². The number of benzene rings is 2. The van der Waals surface area contributed by atoms with Crippen molar-refractivity contribution in [2.45, 2.75) is 12.6 Å². The molecule has 1 heterocycles. The van der Waals surface area contributed by atoms with Gasteiger partial charge in [-0.25, -0.2) is 4.68 Å². The molecule has 0 unspecified atom stereocenters. The molecule has 0 fully saturated rings. The van der Waals surface area contributed by atoms with E-state index in [0.717, 1.165) is 11.1 Å². The minimum Gasteiger partial charge on any atom is -0.394 e. The highest BCUT2D eigenvalue weighted by atomic mass is 16.3. The van der Waals surface area contributed by atoms with E-state index in [1.165, 1.54) is 4.68 Å². The van der Waals surface area contributed by atoms with Crippen LogP contribution in [0.5, 0.6) is 0 Å². The van der Waals surface area contributed by atoms with Gasteiger partial charge in [0, 0.05) is 5.56 Å². The van der Waals surface area contributed by atoms with Crippen molar-refractivity contribution in [1.82, 2.24) is 20.3 Å². The average molecular weight is 322 g/mol. The molecule has 6 heteroatoms. The predicted octanol–water partition coefficient (Wildman–Crippen LogP) is 1.79. The molecule has 0 aliphatic heterocycles. The Hall–Kier alpha value is -2.99. The number of aliphatic hydroxyl groups excluding tert-OH is 1. The van der Waals surface area contributed by atoms with Crippen LogP contribution in [0.1, 0.15) is 11.6 Å². The maximum Gasteiger partial charge on any atom is 0.242 e. The van der Waals surface area contributed by atoms with Crippen molar-refractivity contribution >= 4 is 5.91 Å². The van der Waals surface area contributed by atoms with Gasteiger partial charge in [0.1, 0.15) is 12.2 Å². The van der Waals surface area contributed by atoms with Crippen LogP contribution in [0.4, 0.5) is 0 Å². The number of carbonyl (C=O) groups is 1. The van der Waals surface area contributed by atoms with Crippen molar-refractivity contribution in [2.75, 3.05) is 6.61 Å². The SMILES string of the molecule is O=C(Cn1cc(-c2ccccc2)nn1)N[C@H](CO)c1ccccc1. The molecule has 3 rings (SSSR count). The summed E-state index contributed by atoms with van der Waals surface area (Å²) in [5.41, 5.74) is 2.52. The fourth-order valence-corrected chi connectivity index (χ4v) is 2.42. The zero-order valence-electron chi connectivity index (χ0n) is 13.0. The molecule has 1 amide bonds. The second-order valence-corrected chi connectivity index (χ2v) is 5.38. The lowest BCUT2D eigenvalue weighted by molar-refractivity contribution is -0.123. The van der Waals surface area contributed by atoms with Crippen molar-refractivity contribution in [3.63, 3.8) is 0 Å². The van der Waals surface area contributed by atoms with Gasteiger partial charge < -0.3 is 10.4 Å². The van der Waals surface area contributed by atoms with E-state index in [2.05, 4.69) is 15.6 Å². The smallest absolute Gasteiger partial charge is 0.242 e. The molecule has 122 valence electrons. The van der Waals surface area contributed by atoms with Crippen molar-refractivity contribution < 1.29 is 9.90 Å². The number of rotatable bonds is 6. The molecular weight excluding hydrogens is 304 g/mol. The van der Waals surface area contributed by atoms with Crippen LogP contribution in [0, 0.1) is 0 Å². The lowest BCUT2D eigenvalue weighted by atomic mass is 10.1. The molecule has 0 bridgehead atoms. The summed E-state index contributed by atoms with van der Waals surface area (Å²) in [5, 5.41) is 20.4. The number of hydrogen-bond donors (Lipinski definition) is 2. The number of nitrogens with one attached hydrogen (secondary N) is 1. The van der Waals surface area contributed by atoms with Crippen LogP contribution in [0.25, 0.3) is 11.3 Å². The molecule has 6 nitrogen and oxygen atoms in total. The molecule has 1 atom stereocenters. The van der Waals surface area contributed by atoms with Crippen LogP contribution in [-0.4, -0.2) is 32.6 Å². The van der Waals surface area contributed by atoms with Crippen LogP contribution in [0.15, 0.2) is 66.9 Å². The van der Waals surface area contributed by atoms with Crippen LogP contribution in [-0.2, 0) is 11.3 Å². The van der Waals surface area contributed by atoms with Gasteiger partial charge in [-0.05, 0) is 5.56 Å². The van der Waals surface area contributed by atoms with Crippen LogP contribution < -0.4 is 5.32 Å². The largest absolute Gasteiger partial charge is 0.394 e. The maximum atomic E-state index is 12.2. The Labute approximate surface area is 139 Å². The molecule has 0 aliphatic carbocycles. The molecule has 0 saturated carbocycles. The molecule has 0 radical (unpaired) electrons. The highest BCUT2D eigenvalue weighted by Crippen LogP contribution is 2.15. The summed E-state index contributed by atoms with van der Waals surface area (Å²) >= 11 is 0. The highest BCUT2D eigenvalue weighted by Gasteiger charge is 2.14. The summed E-state index contributed by atoms with van der Waals surface area (Å²) in [6.45, 7) is -0.120. The fourth-order valence-electron chi connectivity index (χ4n) is 2.42. The Morgan fingerprint density at radius 2 is 1.75 bits per heavy atom. The lowest BCUT2D eigenvalue weighted by Crippen LogP contribution is -2.33. The van der Waals surface area contributed by atoms with E-state index in [4.69, 9.17) is 0 Å². The first kappa shape index (κ1) is 15.9. The van der Waals surface area contributed by atoms with E-state index in [1.807, 2.05) is 60.7 Å². The van der Waals surface area contributed by atoms with Crippen molar-refractivity contribution in [3.8, 4) is 11.3 Å². The summed E-state index contributed by atoms with van der Waals surface area (Å²) in [6.07, 6.45) is 1.73. The van der Waals surface area contributed by atoms with Crippen molar-refractivity contribution in [3.05, 3.63) is 72.4 Å². The number of aromatic nitrogens is 3. The number of nitrogens with zero attached hydrogens (tertiary/aromatic N) is 3. The zero-order chi connectivity index (χ0) is 16.8. The van der Waals surface area contributed by atoms with Gasteiger partial charge in [-0.15, -0.1) is 5.10 Å². The molecule has 0 aliphatic rings. The third-order valence-corrected chi connectivity index (χ3v) is 3.63. The summed E-state index contributed by atoms with van der Waals surface area (Å²) in [6, 6.07) is 18.6. The molecule has 2 aromatic carbocycles. The number of carbonyl (C=O) groups excluding carboxylic acids is 1. The first-order chi connectivity index (χ1) is 11.8. The number of hydrogen-bond acceptors (Lipinski definition) is 4. The van der Waals surface area contributed by atoms with E-state index < -0.39 is 6.04 Å². The molecular formula is C18H18N4O2. The number of aliphatic hydroxyl groups is 1. The molecule has 0 spiro atoms. The summed E-state index contributed by atoms with van der Waals surface area (Å²) < 4.78 is 1.48. The van der Waals surface area contributed by atoms with E-state index in [0.29, 0.717) is 5.69 Å². The van der Waals surface area contributed by atoms with Gasteiger partial charge in [0.2, 0.25) is 5.91 Å². The Morgan fingerprint density at radius 3 is 2.42 bits per heavy atom. The van der Waals surface area contributed by atoms with Gasteiger partial charge >= 0.3 is 0 Å². The minimum absolute atomic E-state index is 0.0448. The zero-order valence-corrected chi connectivity index (χ0v) is 13.0. The minimum atomic E-state index is -0.434. The van der Waals surface area contributed by atoms with Gasteiger partial charge in [0.15, 0.2) is 0 Å². The first-order valence-corrected chi connectivity index (χ1v) is 7.67. The summed E-state index contributed by atoms with van der Waals surface area (Å²) in [7, 11) is 0. The van der Waals surface area contributed by atoms with Gasteiger partial charge in [0.25, 0.3) is 0 Å². The third kappa shape index (κ3) is 3.85. The van der Waals surface area contributed by atoms with E-state index in [9.17, 15) is 9.90 Å². The summed E-state index contributed by atoms with van der Waals surface area (Å²) in [5.74, 6) is -0.234. The van der Waals surface area contributed by atoms with Crippen LogP contribution in [0.3, 0.4) is 0 Å². The van der Waals surface area contributed by atoms with Gasteiger partial charge in [-0.2, -0.15) is 0 Å². The van der Waals surface area contributed by atoms with Crippen molar-refractivity contribution in [1.29, 1.82) is 0 Å². The normalized spacial score (nSPS) is 11.9. The molecule has 1 aromatic heterocycles. The van der Waals surface area contributed by atoms with Gasteiger partial charge in [-0.1, -0.05) is 65.9 Å². The summed E-state index contributed by atoms with van der Waals surface area (Å²) in [4.78, 5) is 12.2. The Kier molecular flexibility index (Phi) is 4.98. The molecule has 24 heavy (non-hydrogen) atoms. The molecule has 2 N–H and O–H groups in total. The quantitative estimate of drug-likeness (QED) is 0.725. The van der Waals surface area contributed by atoms with Gasteiger partial charge in [-0.3, -0.25) is 4.79 Å². The molecule has 3 aromatic rings. The second-order valence-electron chi connectivity index (χ2n) is 5.38. The fraction of sp³-hybridized carbons (Fsp3) is 0.167. The standard InChI is InChI=1S/C18H18N4O2/c23-13-17(15-9-5-2-6-10-15)19-18(24)12-22-11-16(20-21-22)14-7-3-1-4-8-14/h1-11,17,23H,12-13H2,(H,19,24)/t17-/m1/s1. The van der Waals surface area contributed by atoms with Gasteiger partial charge in [0.05, 0.1) is 18.8 Å².